The number of nitro benzene ring substituents is 1. The maximum atomic E-state index is 12.9. The van der Waals surface area contributed by atoms with Gasteiger partial charge in [0, 0.05) is 25.1 Å². The highest BCUT2D eigenvalue weighted by Crippen LogP contribution is 2.38. The third-order valence-electron chi connectivity index (χ3n) is 5.08. The number of benzene rings is 2. The van der Waals surface area contributed by atoms with Crippen molar-refractivity contribution in [2.75, 3.05) is 25.1 Å². The number of rotatable bonds is 3. The number of carbonyl (C=O) groups excluding carboxylic acids is 1. The van der Waals surface area contributed by atoms with Crippen LogP contribution in [0.4, 0.5) is 16.2 Å². The summed E-state index contributed by atoms with van der Waals surface area (Å²) >= 11 is 6.10. The van der Waals surface area contributed by atoms with E-state index in [2.05, 4.69) is 5.32 Å². The van der Waals surface area contributed by atoms with Crippen LogP contribution in [0.1, 0.15) is 30.9 Å². The first-order valence-corrected chi connectivity index (χ1v) is 9.82. The average Bonchev–Trinajstić information content (AvgIpc) is 3.08. The number of hydrogen-bond acceptors (Lipinski definition) is 5. The number of likely N-dealkylation sites (tertiary alicyclic amines) is 1. The second-order valence-electron chi connectivity index (χ2n) is 6.96. The quantitative estimate of drug-likeness (QED) is 0.573. The van der Waals surface area contributed by atoms with Crippen LogP contribution >= 0.6 is 11.6 Å². The molecule has 1 atom stereocenters. The van der Waals surface area contributed by atoms with Crippen LogP contribution in [0.15, 0.2) is 36.4 Å². The van der Waals surface area contributed by atoms with Crippen LogP contribution in [0, 0.1) is 10.1 Å². The van der Waals surface area contributed by atoms with Crippen molar-refractivity contribution in [2.24, 2.45) is 0 Å². The Morgan fingerprint density at radius 3 is 2.69 bits per heavy atom. The fourth-order valence-electron chi connectivity index (χ4n) is 3.65. The van der Waals surface area contributed by atoms with E-state index >= 15 is 0 Å². The maximum absolute atomic E-state index is 12.9. The van der Waals surface area contributed by atoms with Crippen molar-refractivity contribution in [3.05, 3.63) is 57.1 Å². The average molecular weight is 418 g/mol. The molecule has 2 amide bonds. The van der Waals surface area contributed by atoms with Crippen molar-refractivity contribution in [3.63, 3.8) is 0 Å². The standard InChI is InChI=1S/C20H20ClN3O5/c21-15-12-14(24(26)27)5-6-16(15)22-20(25)23-8-1-3-17(23)13-4-7-18-19(11-13)29-10-2-9-28-18/h4-7,11-12,17H,1-3,8-10H2,(H,22,25). The largest absolute Gasteiger partial charge is 0.490 e. The molecule has 0 saturated carbocycles. The zero-order valence-electron chi connectivity index (χ0n) is 15.6. The van der Waals surface area contributed by atoms with Crippen LogP contribution in [-0.2, 0) is 0 Å². The molecule has 0 spiro atoms. The van der Waals surface area contributed by atoms with E-state index in [1.54, 1.807) is 4.90 Å². The molecule has 152 valence electrons. The van der Waals surface area contributed by atoms with Crippen LogP contribution < -0.4 is 14.8 Å². The number of amides is 2. The summed E-state index contributed by atoms with van der Waals surface area (Å²) in [5.41, 5.74) is 1.20. The normalized spacial score (nSPS) is 18.2. The first-order valence-electron chi connectivity index (χ1n) is 9.44. The smallest absolute Gasteiger partial charge is 0.322 e. The molecule has 2 aliphatic heterocycles. The number of carbonyl (C=O) groups is 1. The highest BCUT2D eigenvalue weighted by Gasteiger charge is 2.31. The first-order chi connectivity index (χ1) is 14.0. The summed E-state index contributed by atoms with van der Waals surface area (Å²) in [6, 6.07) is 9.38. The summed E-state index contributed by atoms with van der Waals surface area (Å²) in [4.78, 5) is 24.9. The molecule has 0 aliphatic carbocycles. The van der Waals surface area contributed by atoms with Crippen molar-refractivity contribution < 1.29 is 19.2 Å². The Bertz CT molecular complexity index is 952. The van der Waals surface area contributed by atoms with Gasteiger partial charge < -0.3 is 19.7 Å². The van der Waals surface area contributed by atoms with Gasteiger partial charge in [0.1, 0.15) is 0 Å². The first kappa shape index (κ1) is 19.3. The maximum Gasteiger partial charge on any atom is 0.322 e. The number of nitrogens with one attached hydrogen (secondary N) is 1. The van der Waals surface area contributed by atoms with Crippen molar-refractivity contribution >= 4 is 29.0 Å². The molecule has 0 aromatic heterocycles. The number of non-ortho nitro benzene ring substituents is 1. The SMILES string of the molecule is O=C(Nc1ccc([N+](=O)[O-])cc1Cl)N1CCCC1c1ccc2c(c1)OCCCO2. The molecule has 0 radical (unpaired) electrons. The predicted molar refractivity (Wildman–Crippen MR) is 108 cm³/mol. The van der Waals surface area contributed by atoms with Gasteiger partial charge in [-0.25, -0.2) is 4.79 Å². The lowest BCUT2D eigenvalue weighted by atomic mass is 10.0. The summed E-state index contributed by atoms with van der Waals surface area (Å²) in [6.07, 6.45) is 2.54. The summed E-state index contributed by atoms with van der Waals surface area (Å²) in [7, 11) is 0. The third kappa shape index (κ3) is 4.07. The molecule has 1 unspecified atom stereocenters. The minimum Gasteiger partial charge on any atom is -0.490 e. The van der Waals surface area contributed by atoms with E-state index < -0.39 is 4.92 Å². The number of fused-ring (bicyclic) bond motifs is 1. The van der Waals surface area contributed by atoms with Gasteiger partial charge in [-0.05, 0) is 36.6 Å². The minimum atomic E-state index is -0.530. The highest BCUT2D eigenvalue weighted by molar-refractivity contribution is 6.33. The van der Waals surface area contributed by atoms with E-state index in [9.17, 15) is 14.9 Å². The molecule has 1 N–H and O–H groups in total. The Balaban J connectivity index is 1.52. The lowest BCUT2D eigenvalue weighted by Gasteiger charge is -2.26. The Morgan fingerprint density at radius 1 is 1.14 bits per heavy atom. The van der Waals surface area contributed by atoms with E-state index in [4.69, 9.17) is 21.1 Å². The second kappa shape index (κ2) is 8.16. The van der Waals surface area contributed by atoms with E-state index in [0.717, 1.165) is 30.6 Å². The molecule has 2 heterocycles. The molecule has 2 aromatic rings. The van der Waals surface area contributed by atoms with Crippen molar-refractivity contribution in [1.29, 1.82) is 0 Å². The van der Waals surface area contributed by atoms with Gasteiger partial charge in [0.25, 0.3) is 5.69 Å². The number of hydrogen-bond donors (Lipinski definition) is 1. The topological polar surface area (TPSA) is 93.9 Å². The van der Waals surface area contributed by atoms with Gasteiger partial charge >= 0.3 is 6.03 Å². The Hall–Kier alpha value is -3.00. The van der Waals surface area contributed by atoms with Gasteiger partial charge in [-0.2, -0.15) is 0 Å². The minimum absolute atomic E-state index is 0.0935. The summed E-state index contributed by atoms with van der Waals surface area (Å²) in [5.74, 6) is 1.42. The van der Waals surface area contributed by atoms with Crippen molar-refractivity contribution in [1.82, 2.24) is 4.90 Å². The number of ether oxygens (including phenoxy) is 2. The molecule has 2 aliphatic rings. The van der Waals surface area contributed by atoms with E-state index in [-0.39, 0.29) is 22.8 Å². The lowest BCUT2D eigenvalue weighted by molar-refractivity contribution is -0.384. The third-order valence-corrected chi connectivity index (χ3v) is 5.39. The molecule has 29 heavy (non-hydrogen) atoms. The zero-order chi connectivity index (χ0) is 20.4. The van der Waals surface area contributed by atoms with Gasteiger partial charge in [0.05, 0.1) is 34.9 Å². The van der Waals surface area contributed by atoms with Gasteiger partial charge in [-0.3, -0.25) is 10.1 Å². The van der Waals surface area contributed by atoms with E-state index in [0.29, 0.717) is 31.2 Å². The zero-order valence-corrected chi connectivity index (χ0v) is 16.4. The van der Waals surface area contributed by atoms with Gasteiger partial charge in [0.15, 0.2) is 11.5 Å². The molecule has 2 aromatic carbocycles. The monoisotopic (exact) mass is 417 g/mol. The molecule has 1 fully saturated rings. The number of halogens is 1. The number of urea groups is 1. The van der Waals surface area contributed by atoms with E-state index in [1.807, 2.05) is 18.2 Å². The highest BCUT2D eigenvalue weighted by atomic mass is 35.5. The Morgan fingerprint density at radius 2 is 1.93 bits per heavy atom. The lowest BCUT2D eigenvalue weighted by Crippen LogP contribution is -2.34. The molecule has 1 saturated heterocycles. The molecular formula is C20H20ClN3O5. The number of anilines is 1. The summed E-state index contributed by atoms with van der Waals surface area (Å²) < 4.78 is 11.4. The number of nitro groups is 1. The van der Waals surface area contributed by atoms with Crippen LogP contribution in [0.3, 0.4) is 0 Å². The van der Waals surface area contributed by atoms with Crippen molar-refractivity contribution in [2.45, 2.75) is 25.3 Å². The Labute approximate surface area is 172 Å². The fourth-order valence-corrected chi connectivity index (χ4v) is 3.87. The fraction of sp³-hybridized carbons (Fsp3) is 0.350. The molecular weight excluding hydrogens is 398 g/mol. The van der Waals surface area contributed by atoms with Crippen LogP contribution in [0.25, 0.3) is 0 Å². The molecule has 9 heteroatoms. The van der Waals surface area contributed by atoms with Crippen molar-refractivity contribution in [3.8, 4) is 11.5 Å². The second-order valence-corrected chi connectivity index (χ2v) is 7.37. The predicted octanol–water partition coefficient (Wildman–Crippen LogP) is 4.78. The van der Waals surface area contributed by atoms with Gasteiger partial charge in [0.2, 0.25) is 0 Å². The van der Waals surface area contributed by atoms with Crippen LogP contribution in [-0.4, -0.2) is 35.6 Å². The molecule has 4 rings (SSSR count). The summed E-state index contributed by atoms with van der Waals surface area (Å²) in [5, 5.41) is 13.7. The van der Waals surface area contributed by atoms with Crippen LogP contribution in [0.5, 0.6) is 11.5 Å². The number of nitrogens with zero attached hydrogens (tertiary/aromatic N) is 2. The Kier molecular flexibility index (Phi) is 5.44. The van der Waals surface area contributed by atoms with E-state index in [1.165, 1.54) is 18.2 Å². The van der Waals surface area contributed by atoms with Crippen LogP contribution in [0.2, 0.25) is 5.02 Å². The molecule has 0 bridgehead atoms. The van der Waals surface area contributed by atoms with Gasteiger partial charge in [-0.15, -0.1) is 0 Å². The van der Waals surface area contributed by atoms with Gasteiger partial charge in [-0.1, -0.05) is 17.7 Å². The molecule has 8 nitrogen and oxygen atoms in total. The summed E-state index contributed by atoms with van der Waals surface area (Å²) in [6.45, 7) is 1.83.